The molecule has 0 heterocycles. The van der Waals surface area contributed by atoms with Crippen molar-refractivity contribution in [2.24, 2.45) is 11.5 Å². The molecule has 98 valence electrons. The molecular weight excluding hydrogens is 228 g/mol. The van der Waals surface area contributed by atoms with Crippen molar-refractivity contribution in [3.8, 4) is 0 Å². The Morgan fingerprint density at radius 2 is 1.72 bits per heavy atom. The van der Waals surface area contributed by atoms with E-state index in [4.69, 9.17) is 20.9 Å². The first-order chi connectivity index (χ1) is 8.49. The molecular formula is C14H20N2O2. The van der Waals surface area contributed by atoms with Gasteiger partial charge in [0.2, 0.25) is 0 Å². The Bertz CT molecular complexity index is 429. The minimum absolute atomic E-state index is 0.323. The lowest BCUT2D eigenvalue weighted by Crippen LogP contribution is -2.01. The van der Waals surface area contributed by atoms with Crippen LogP contribution < -0.4 is 11.5 Å². The van der Waals surface area contributed by atoms with Gasteiger partial charge in [-0.25, -0.2) is 0 Å². The standard InChI is InChI=1S/C14H20N2O2/c1-6-12(8-13(9-15)17-4)10(2)7-14(18-5)11(3)16/h6-9H,1-3,15-16H2,4-5H3/b12-8+,13-9-,14-7+. The van der Waals surface area contributed by atoms with Crippen molar-refractivity contribution in [2.75, 3.05) is 14.2 Å². The van der Waals surface area contributed by atoms with Gasteiger partial charge in [-0.1, -0.05) is 25.8 Å². The number of hydrogen-bond acceptors (Lipinski definition) is 4. The highest BCUT2D eigenvalue weighted by Crippen LogP contribution is 2.17. The maximum absolute atomic E-state index is 5.56. The predicted octanol–water partition coefficient (Wildman–Crippen LogP) is 2.10. The van der Waals surface area contributed by atoms with E-state index in [1.165, 1.54) is 20.4 Å². The molecule has 4 heteroatoms. The summed E-state index contributed by atoms with van der Waals surface area (Å²) in [4.78, 5) is 0. The van der Waals surface area contributed by atoms with E-state index in [2.05, 4.69) is 19.7 Å². The Morgan fingerprint density at radius 1 is 1.11 bits per heavy atom. The van der Waals surface area contributed by atoms with Gasteiger partial charge >= 0.3 is 0 Å². The lowest BCUT2D eigenvalue weighted by molar-refractivity contribution is 0.300. The summed E-state index contributed by atoms with van der Waals surface area (Å²) in [5.41, 5.74) is 12.7. The van der Waals surface area contributed by atoms with Crippen molar-refractivity contribution in [3.05, 3.63) is 72.5 Å². The number of allylic oxidation sites excluding steroid dienone is 5. The van der Waals surface area contributed by atoms with E-state index in [9.17, 15) is 0 Å². The van der Waals surface area contributed by atoms with Crippen molar-refractivity contribution < 1.29 is 9.47 Å². The predicted molar refractivity (Wildman–Crippen MR) is 75.1 cm³/mol. The summed E-state index contributed by atoms with van der Waals surface area (Å²) >= 11 is 0. The van der Waals surface area contributed by atoms with E-state index in [1.807, 2.05) is 0 Å². The minimum Gasteiger partial charge on any atom is -0.495 e. The van der Waals surface area contributed by atoms with Gasteiger partial charge in [0.05, 0.1) is 19.9 Å². The van der Waals surface area contributed by atoms with Crippen LogP contribution in [0.4, 0.5) is 0 Å². The third-order valence-electron chi connectivity index (χ3n) is 2.13. The van der Waals surface area contributed by atoms with Crippen molar-refractivity contribution in [1.82, 2.24) is 0 Å². The van der Waals surface area contributed by atoms with Crippen LogP contribution in [0.5, 0.6) is 0 Å². The van der Waals surface area contributed by atoms with Crippen LogP contribution in [0, 0.1) is 0 Å². The Labute approximate surface area is 108 Å². The maximum Gasteiger partial charge on any atom is 0.141 e. The third kappa shape index (κ3) is 4.65. The molecule has 0 saturated heterocycles. The normalized spacial score (nSPS) is 12.9. The van der Waals surface area contributed by atoms with Crippen LogP contribution in [0.2, 0.25) is 0 Å². The zero-order valence-corrected chi connectivity index (χ0v) is 10.9. The smallest absolute Gasteiger partial charge is 0.141 e. The summed E-state index contributed by atoms with van der Waals surface area (Å²) in [6, 6.07) is 0. The van der Waals surface area contributed by atoms with Crippen LogP contribution in [0.15, 0.2) is 72.5 Å². The number of rotatable bonds is 7. The monoisotopic (exact) mass is 248 g/mol. The summed E-state index contributed by atoms with van der Waals surface area (Å²) in [6.07, 6.45) is 6.35. The zero-order valence-electron chi connectivity index (χ0n) is 10.9. The van der Waals surface area contributed by atoms with Crippen LogP contribution in [-0.4, -0.2) is 14.2 Å². The highest BCUT2D eigenvalue weighted by atomic mass is 16.5. The molecule has 0 amide bonds. The SMILES string of the molecule is C=C/C(=C\C(=C\N)OC)C(=C)/C=C(/OC)C(=C)N. The van der Waals surface area contributed by atoms with Gasteiger partial charge < -0.3 is 20.9 Å². The van der Waals surface area contributed by atoms with Gasteiger partial charge in [-0.3, -0.25) is 0 Å². The average molecular weight is 248 g/mol. The van der Waals surface area contributed by atoms with Crippen LogP contribution in [-0.2, 0) is 9.47 Å². The van der Waals surface area contributed by atoms with Crippen LogP contribution >= 0.6 is 0 Å². The fourth-order valence-electron chi connectivity index (χ4n) is 1.14. The second-order valence-corrected chi connectivity index (χ2v) is 3.34. The van der Waals surface area contributed by atoms with Gasteiger partial charge in [-0.15, -0.1) is 0 Å². The van der Waals surface area contributed by atoms with Crippen LogP contribution in [0.25, 0.3) is 0 Å². The number of hydrogen-bond donors (Lipinski definition) is 2. The second kappa shape index (κ2) is 7.84. The highest BCUT2D eigenvalue weighted by Gasteiger charge is 2.03. The molecule has 0 aromatic rings. The highest BCUT2D eigenvalue weighted by molar-refractivity contribution is 5.48. The van der Waals surface area contributed by atoms with Gasteiger partial charge in [0.1, 0.15) is 11.5 Å². The number of methoxy groups -OCH3 is 2. The van der Waals surface area contributed by atoms with E-state index in [0.717, 1.165) is 5.57 Å². The van der Waals surface area contributed by atoms with E-state index in [-0.39, 0.29) is 0 Å². The Balaban J connectivity index is 5.28. The maximum atomic E-state index is 5.56. The molecule has 4 nitrogen and oxygen atoms in total. The van der Waals surface area contributed by atoms with Gasteiger partial charge in [0, 0.05) is 6.20 Å². The Morgan fingerprint density at radius 3 is 2.06 bits per heavy atom. The molecule has 0 aromatic heterocycles. The fraction of sp³-hybridized carbons (Fsp3) is 0.143. The molecule has 0 aromatic carbocycles. The first kappa shape index (κ1) is 15.6. The van der Waals surface area contributed by atoms with Gasteiger partial charge in [-0.2, -0.15) is 0 Å². The Hall–Kier alpha value is -2.36. The Kier molecular flexibility index (Phi) is 6.81. The summed E-state index contributed by atoms with van der Waals surface area (Å²) in [7, 11) is 3.03. The first-order valence-corrected chi connectivity index (χ1v) is 5.19. The van der Waals surface area contributed by atoms with Crippen LogP contribution in [0.3, 0.4) is 0 Å². The van der Waals surface area contributed by atoms with Crippen molar-refractivity contribution in [2.45, 2.75) is 0 Å². The minimum atomic E-state index is 0.323. The fourth-order valence-corrected chi connectivity index (χ4v) is 1.14. The topological polar surface area (TPSA) is 70.5 Å². The largest absolute Gasteiger partial charge is 0.495 e. The molecule has 0 rings (SSSR count). The third-order valence-corrected chi connectivity index (χ3v) is 2.13. The van der Waals surface area contributed by atoms with E-state index in [0.29, 0.717) is 22.8 Å². The summed E-state index contributed by atoms with van der Waals surface area (Å²) in [6.45, 7) is 11.2. The zero-order chi connectivity index (χ0) is 14.1. The van der Waals surface area contributed by atoms with Crippen molar-refractivity contribution in [1.29, 1.82) is 0 Å². The molecule has 4 N–H and O–H groups in total. The number of ether oxygens (including phenoxy) is 2. The molecule has 0 unspecified atom stereocenters. The molecule has 0 aliphatic heterocycles. The molecule has 0 spiro atoms. The molecule has 0 aliphatic carbocycles. The first-order valence-electron chi connectivity index (χ1n) is 5.19. The van der Waals surface area contributed by atoms with Gasteiger partial charge in [-0.05, 0) is 23.3 Å². The van der Waals surface area contributed by atoms with Gasteiger partial charge in [0.15, 0.2) is 0 Å². The molecule has 0 saturated carbocycles. The van der Waals surface area contributed by atoms with E-state index >= 15 is 0 Å². The number of nitrogens with two attached hydrogens (primary N) is 2. The molecule has 0 atom stereocenters. The average Bonchev–Trinajstić information content (AvgIpc) is 2.36. The molecule has 0 aliphatic rings. The van der Waals surface area contributed by atoms with E-state index in [1.54, 1.807) is 18.2 Å². The van der Waals surface area contributed by atoms with Crippen LogP contribution in [0.1, 0.15) is 0 Å². The lowest BCUT2D eigenvalue weighted by Gasteiger charge is -2.08. The summed E-state index contributed by atoms with van der Waals surface area (Å²) in [5, 5.41) is 0. The summed E-state index contributed by atoms with van der Waals surface area (Å²) in [5.74, 6) is 0.952. The van der Waals surface area contributed by atoms with Crippen molar-refractivity contribution in [3.63, 3.8) is 0 Å². The lowest BCUT2D eigenvalue weighted by atomic mass is 10.1. The molecule has 0 radical (unpaired) electrons. The van der Waals surface area contributed by atoms with Crippen molar-refractivity contribution >= 4 is 0 Å². The summed E-state index contributed by atoms with van der Waals surface area (Å²) < 4.78 is 10.1. The van der Waals surface area contributed by atoms with Gasteiger partial charge in [0.25, 0.3) is 0 Å². The molecule has 18 heavy (non-hydrogen) atoms. The quantitative estimate of drug-likeness (QED) is 0.534. The van der Waals surface area contributed by atoms with E-state index < -0.39 is 0 Å². The molecule has 0 fully saturated rings. The molecule has 0 bridgehead atoms. The second-order valence-electron chi connectivity index (χ2n) is 3.34.